The number of carbonyl (C=O) groups excluding carboxylic acids is 1. The summed E-state index contributed by atoms with van der Waals surface area (Å²) in [5, 5.41) is 14.8. The fourth-order valence-corrected chi connectivity index (χ4v) is 11.2. The van der Waals surface area contributed by atoms with E-state index in [4.69, 9.17) is 0 Å². The zero-order chi connectivity index (χ0) is 32.9. The second kappa shape index (κ2) is 12.7. The van der Waals surface area contributed by atoms with Crippen molar-refractivity contribution >= 4 is 32.4 Å². The number of fused-ring (bicyclic) bond motifs is 6. The number of amides is 1. The van der Waals surface area contributed by atoms with Gasteiger partial charge < -0.3 is 15.3 Å². The molecule has 2 aromatic rings. The van der Waals surface area contributed by atoms with Gasteiger partial charge in [-0.25, -0.2) is 13.1 Å². The third kappa shape index (κ3) is 5.94. The van der Waals surface area contributed by atoms with Crippen LogP contribution in [0.4, 0.5) is 5.69 Å². The number of anilines is 1. The lowest BCUT2D eigenvalue weighted by atomic mass is 9.50. The molecule has 4 aliphatic rings. The Bertz CT molecular complexity index is 1650. The second-order valence-electron chi connectivity index (χ2n) is 15.3. The molecule has 7 atom stereocenters. The van der Waals surface area contributed by atoms with Crippen molar-refractivity contribution in [1.82, 2.24) is 10.0 Å². The van der Waals surface area contributed by atoms with Crippen LogP contribution < -0.4 is 14.9 Å². The van der Waals surface area contributed by atoms with Gasteiger partial charge in [0.2, 0.25) is 15.9 Å². The molecule has 0 aromatic heterocycles. The van der Waals surface area contributed by atoms with Gasteiger partial charge in [0.25, 0.3) is 0 Å². The average molecular weight is 648 g/mol. The Kier molecular flexibility index (Phi) is 9.20. The van der Waals surface area contributed by atoms with Crippen LogP contribution in [0.5, 0.6) is 0 Å². The number of rotatable bonds is 10. The highest BCUT2D eigenvalue weighted by molar-refractivity contribution is 7.89. The molecule has 2 aromatic carbocycles. The van der Waals surface area contributed by atoms with Crippen LogP contribution in [0.25, 0.3) is 10.8 Å². The molecule has 3 N–H and O–H groups in total. The number of aliphatic hydroxyl groups is 1. The van der Waals surface area contributed by atoms with Gasteiger partial charge in [0.1, 0.15) is 0 Å². The summed E-state index contributed by atoms with van der Waals surface area (Å²) in [7, 11) is 0.143. The highest BCUT2D eigenvalue weighted by Gasteiger charge is 2.56. The molecule has 1 amide bonds. The van der Waals surface area contributed by atoms with E-state index in [0.717, 1.165) is 36.8 Å². The number of carbonyl (C=O) groups is 1. The van der Waals surface area contributed by atoms with Crippen LogP contribution in [0.3, 0.4) is 0 Å². The van der Waals surface area contributed by atoms with Crippen LogP contribution in [0.2, 0.25) is 0 Å². The number of benzene rings is 2. The average Bonchev–Trinajstić information content (AvgIpc) is 3.39. The molecule has 0 radical (unpaired) electrons. The largest absolute Gasteiger partial charge is 0.393 e. The van der Waals surface area contributed by atoms with E-state index in [1.165, 1.54) is 31.3 Å². The highest BCUT2D eigenvalue weighted by Crippen LogP contribution is 2.66. The van der Waals surface area contributed by atoms with Gasteiger partial charge >= 0.3 is 0 Å². The van der Waals surface area contributed by atoms with Gasteiger partial charge in [0, 0.05) is 50.1 Å². The fraction of sp³-hybridized carbons (Fsp3) is 0.605. The van der Waals surface area contributed by atoms with Crippen molar-refractivity contribution in [3.8, 4) is 0 Å². The lowest BCUT2D eigenvalue weighted by Gasteiger charge is -2.55. The summed E-state index contributed by atoms with van der Waals surface area (Å²) in [4.78, 5) is 15.1. The second-order valence-corrected chi connectivity index (χ2v) is 17.0. The minimum absolute atomic E-state index is 0.0182. The first-order chi connectivity index (χ1) is 21.8. The summed E-state index contributed by atoms with van der Waals surface area (Å²) in [6.07, 6.45) is 13.6. The van der Waals surface area contributed by atoms with Crippen molar-refractivity contribution in [2.24, 2.45) is 34.5 Å². The summed E-state index contributed by atoms with van der Waals surface area (Å²) in [6.45, 7) is 7.69. The maximum Gasteiger partial charge on any atom is 0.241 e. The third-order valence-corrected chi connectivity index (χ3v) is 14.0. The van der Waals surface area contributed by atoms with E-state index in [9.17, 15) is 18.3 Å². The van der Waals surface area contributed by atoms with Gasteiger partial charge in [-0.1, -0.05) is 68.3 Å². The minimum atomic E-state index is -3.74. The van der Waals surface area contributed by atoms with Crippen LogP contribution in [-0.2, 0) is 14.8 Å². The monoisotopic (exact) mass is 647 g/mol. The first-order valence-electron chi connectivity index (χ1n) is 17.4. The predicted octanol–water partition coefficient (Wildman–Crippen LogP) is 6.58. The van der Waals surface area contributed by atoms with Crippen molar-refractivity contribution in [2.75, 3.05) is 32.1 Å². The molecule has 7 unspecified atom stereocenters. The number of sulfonamides is 1. The molecule has 4 aliphatic carbocycles. The standard InChI is InChI=1S/C38H53N3O4S/c1-25(31-15-16-32-30-14-13-26-24-27(42)18-20-37(26,2)33(30)19-21-38(31,32)3)12-17-36(43)39-22-23-40-46(44,45)35-11-7-8-28-29(35)9-6-10-34(28)41(4)5/h6-11,13-14,25,27,31-33,40,42H,12,15-24H2,1-5H3,(H,39,43). The molecular formula is C38H53N3O4S. The van der Waals surface area contributed by atoms with Crippen LogP contribution >= 0.6 is 0 Å². The van der Waals surface area contributed by atoms with E-state index in [2.05, 4.69) is 43.0 Å². The molecule has 250 valence electrons. The molecule has 8 heteroatoms. The quantitative estimate of drug-likeness (QED) is 0.253. The van der Waals surface area contributed by atoms with Crippen molar-refractivity contribution in [3.05, 3.63) is 59.7 Å². The normalized spacial score (nSPS) is 31.3. The topological polar surface area (TPSA) is 98.7 Å². The maximum atomic E-state index is 13.2. The molecular weight excluding hydrogens is 595 g/mol. The maximum absolute atomic E-state index is 13.2. The molecule has 0 saturated heterocycles. The zero-order valence-corrected chi connectivity index (χ0v) is 29.1. The Labute approximate surface area is 276 Å². The summed E-state index contributed by atoms with van der Waals surface area (Å²) in [5.74, 6) is 2.24. The molecule has 0 spiro atoms. The zero-order valence-electron chi connectivity index (χ0n) is 28.3. The Morgan fingerprint density at radius 3 is 2.52 bits per heavy atom. The fourth-order valence-electron chi connectivity index (χ4n) is 9.96. The van der Waals surface area contributed by atoms with E-state index in [1.54, 1.807) is 17.7 Å². The molecule has 0 heterocycles. The lowest BCUT2D eigenvalue weighted by Crippen LogP contribution is -2.46. The van der Waals surface area contributed by atoms with E-state index in [0.29, 0.717) is 35.5 Å². The number of hydrogen-bond acceptors (Lipinski definition) is 5. The van der Waals surface area contributed by atoms with Gasteiger partial charge in [-0.3, -0.25) is 4.79 Å². The molecule has 46 heavy (non-hydrogen) atoms. The van der Waals surface area contributed by atoms with E-state index in [1.807, 2.05) is 43.3 Å². The Balaban J connectivity index is 1.01. The van der Waals surface area contributed by atoms with Crippen molar-refractivity contribution in [1.29, 1.82) is 0 Å². The minimum Gasteiger partial charge on any atom is -0.393 e. The lowest BCUT2D eigenvalue weighted by molar-refractivity contribution is -0.121. The summed E-state index contributed by atoms with van der Waals surface area (Å²) >= 11 is 0. The van der Waals surface area contributed by atoms with Crippen LogP contribution in [0.1, 0.15) is 78.6 Å². The number of nitrogens with one attached hydrogen (secondary N) is 2. The van der Waals surface area contributed by atoms with Gasteiger partial charge in [-0.05, 0) is 98.0 Å². The van der Waals surface area contributed by atoms with Gasteiger partial charge in [0.05, 0.1) is 11.0 Å². The molecule has 3 fully saturated rings. The van der Waals surface area contributed by atoms with Crippen LogP contribution in [0, 0.1) is 34.5 Å². The summed E-state index contributed by atoms with van der Waals surface area (Å²) in [5.41, 5.74) is 4.54. The van der Waals surface area contributed by atoms with Crippen molar-refractivity contribution in [2.45, 2.75) is 89.6 Å². The Hall–Kier alpha value is -2.68. The number of aliphatic hydroxyl groups excluding tert-OH is 1. The number of allylic oxidation sites excluding steroid dienone is 3. The summed E-state index contributed by atoms with van der Waals surface area (Å²) < 4.78 is 29.1. The van der Waals surface area contributed by atoms with Gasteiger partial charge in [-0.15, -0.1) is 0 Å². The number of hydrogen-bond donors (Lipinski definition) is 3. The summed E-state index contributed by atoms with van der Waals surface area (Å²) in [6, 6.07) is 11.0. The smallest absolute Gasteiger partial charge is 0.241 e. The SMILES string of the molecule is CC(CCC(=O)NCCNS(=O)(=O)c1cccc2c(N(C)C)cccc12)C1CCC2C3=CC=C4CC(O)CCC4(C)C3CCC21C. The molecule has 0 bridgehead atoms. The van der Waals surface area contributed by atoms with Crippen molar-refractivity contribution in [3.63, 3.8) is 0 Å². The van der Waals surface area contributed by atoms with Crippen LogP contribution in [0.15, 0.2) is 64.6 Å². The van der Waals surface area contributed by atoms with Crippen molar-refractivity contribution < 1.29 is 18.3 Å². The van der Waals surface area contributed by atoms with E-state index >= 15 is 0 Å². The predicted molar refractivity (Wildman–Crippen MR) is 186 cm³/mol. The van der Waals surface area contributed by atoms with Crippen LogP contribution in [-0.4, -0.2) is 52.7 Å². The Morgan fingerprint density at radius 1 is 0.978 bits per heavy atom. The van der Waals surface area contributed by atoms with E-state index < -0.39 is 10.0 Å². The number of nitrogens with zero attached hydrogens (tertiary/aromatic N) is 1. The highest BCUT2D eigenvalue weighted by atomic mass is 32.2. The van der Waals surface area contributed by atoms with E-state index in [-0.39, 0.29) is 40.8 Å². The molecule has 6 rings (SSSR count). The first kappa shape index (κ1) is 33.2. The Morgan fingerprint density at radius 2 is 1.74 bits per heavy atom. The third-order valence-electron chi connectivity index (χ3n) is 12.5. The molecule has 7 nitrogen and oxygen atoms in total. The molecule has 0 aliphatic heterocycles. The van der Waals surface area contributed by atoms with Gasteiger partial charge in [0.15, 0.2) is 0 Å². The van der Waals surface area contributed by atoms with Gasteiger partial charge in [-0.2, -0.15) is 0 Å². The first-order valence-corrected chi connectivity index (χ1v) is 18.9. The molecule has 3 saturated carbocycles.